The lowest BCUT2D eigenvalue weighted by Gasteiger charge is -2.27. The Hall–Kier alpha value is -4.33. The van der Waals surface area contributed by atoms with Crippen LogP contribution in [-0.4, -0.2) is 29.6 Å². The maximum absolute atomic E-state index is 12.8. The average molecular weight is 442 g/mol. The molecule has 0 saturated heterocycles. The number of carbonyl (C=O) groups is 1. The summed E-state index contributed by atoms with van der Waals surface area (Å²) in [6, 6.07) is 19.4. The van der Waals surface area contributed by atoms with E-state index < -0.39 is 12.1 Å². The van der Waals surface area contributed by atoms with E-state index in [9.17, 15) is 4.79 Å². The smallest absolute Gasteiger partial charge is 0.349 e. The molecule has 0 amide bonds. The standard InChI is InChI=1S/C25H22N4O4/c1-15-20(21(27-32-15)17-10-6-4-7-11-17)19-14-26-24(25(30)31-3)29(19)23-16(2)33-28-22(23)18-12-8-5-9-13-18/h4-14,24,26H,1-3H3. The number of esters is 1. The summed E-state index contributed by atoms with van der Waals surface area (Å²) < 4.78 is 16.3. The number of carbonyl (C=O) groups excluding carboxylic acids is 1. The first-order valence-corrected chi connectivity index (χ1v) is 10.5. The first-order valence-electron chi connectivity index (χ1n) is 10.5. The van der Waals surface area contributed by atoms with Crippen LogP contribution in [0.25, 0.3) is 28.2 Å². The second-order valence-electron chi connectivity index (χ2n) is 7.62. The summed E-state index contributed by atoms with van der Waals surface area (Å²) in [5.41, 5.74) is 5.18. The SMILES string of the molecule is COC(=O)C1NC=C(c2c(-c3ccccc3)noc2C)N1c1c(-c2ccccc2)noc1C. The topological polar surface area (TPSA) is 93.6 Å². The van der Waals surface area contributed by atoms with E-state index in [1.165, 1.54) is 7.11 Å². The number of aromatic nitrogens is 2. The number of aryl methyl sites for hydroxylation is 2. The second kappa shape index (κ2) is 8.31. The summed E-state index contributed by atoms with van der Waals surface area (Å²) >= 11 is 0. The number of benzene rings is 2. The van der Waals surface area contributed by atoms with Gasteiger partial charge in [0.25, 0.3) is 0 Å². The van der Waals surface area contributed by atoms with E-state index in [0.29, 0.717) is 34.3 Å². The highest BCUT2D eigenvalue weighted by Gasteiger charge is 2.40. The predicted molar refractivity (Wildman–Crippen MR) is 123 cm³/mol. The third-order valence-electron chi connectivity index (χ3n) is 5.61. The van der Waals surface area contributed by atoms with Gasteiger partial charge in [-0.3, -0.25) is 0 Å². The van der Waals surface area contributed by atoms with Crippen molar-refractivity contribution in [3.63, 3.8) is 0 Å². The number of hydrogen-bond donors (Lipinski definition) is 1. The van der Waals surface area contributed by atoms with Gasteiger partial charge in [0, 0.05) is 17.3 Å². The number of hydrogen-bond acceptors (Lipinski definition) is 8. The van der Waals surface area contributed by atoms with Crippen LogP contribution in [0.5, 0.6) is 0 Å². The van der Waals surface area contributed by atoms with E-state index in [-0.39, 0.29) is 0 Å². The molecule has 1 N–H and O–H groups in total. The molecule has 0 spiro atoms. The van der Waals surface area contributed by atoms with Crippen molar-refractivity contribution >= 4 is 17.4 Å². The van der Waals surface area contributed by atoms with Gasteiger partial charge in [0.1, 0.15) is 22.8 Å². The first kappa shape index (κ1) is 20.6. The van der Waals surface area contributed by atoms with Gasteiger partial charge in [0.05, 0.1) is 18.4 Å². The van der Waals surface area contributed by atoms with Crippen molar-refractivity contribution in [3.05, 3.63) is 83.9 Å². The molecule has 0 aliphatic carbocycles. The molecule has 8 nitrogen and oxygen atoms in total. The van der Waals surface area contributed by atoms with E-state index in [0.717, 1.165) is 16.7 Å². The summed E-state index contributed by atoms with van der Waals surface area (Å²) in [5.74, 6) is 0.733. The fraction of sp³-hybridized carbons (Fsp3) is 0.160. The number of anilines is 1. The third kappa shape index (κ3) is 3.45. The number of rotatable bonds is 5. The van der Waals surface area contributed by atoms with Crippen LogP contribution in [0.1, 0.15) is 17.1 Å². The van der Waals surface area contributed by atoms with Crippen LogP contribution in [0.4, 0.5) is 5.69 Å². The quantitative estimate of drug-likeness (QED) is 0.451. The molecule has 33 heavy (non-hydrogen) atoms. The molecule has 1 aliphatic heterocycles. The van der Waals surface area contributed by atoms with Crippen molar-refractivity contribution in [1.29, 1.82) is 0 Å². The Kier molecular flexibility index (Phi) is 5.18. The highest BCUT2D eigenvalue weighted by molar-refractivity contribution is 5.98. The molecule has 3 heterocycles. The van der Waals surface area contributed by atoms with Crippen LogP contribution in [0, 0.1) is 13.8 Å². The molecule has 1 aliphatic rings. The lowest BCUT2D eigenvalue weighted by Crippen LogP contribution is -2.44. The monoisotopic (exact) mass is 442 g/mol. The second-order valence-corrected chi connectivity index (χ2v) is 7.62. The molecule has 4 aromatic rings. The van der Waals surface area contributed by atoms with Gasteiger partial charge in [-0.1, -0.05) is 71.0 Å². The van der Waals surface area contributed by atoms with Crippen molar-refractivity contribution in [3.8, 4) is 22.5 Å². The molecule has 0 radical (unpaired) electrons. The van der Waals surface area contributed by atoms with Crippen LogP contribution >= 0.6 is 0 Å². The molecule has 2 aromatic carbocycles. The van der Waals surface area contributed by atoms with Crippen LogP contribution in [0.2, 0.25) is 0 Å². The molecule has 0 saturated carbocycles. The summed E-state index contributed by atoms with van der Waals surface area (Å²) in [4.78, 5) is 14.6. The summed E-state index contributed by atoms with van der Waals surface area (Å²) in [6.07, 6.45) is 0.956. The first-order chi connectivity index (χ1) is 16.1. The van der Waals surface area contributed by atoms with Crippen LogP contribution in [-0.2, 0) is 9.53 Å². The van der Waals surface area contributed by atoms with Crippen molar-refractivity contribution in [2.45, 2.75) is 20.0 Å². The zero-order valence-corrected chi connectivity index (χ0v) is 18.4. The van der Waals surface area contributed by atoms with Gasteiger partial charge >= 0.3 is 5.97 Å². The third-order valence-corrected chi connectivity index (χ3v) is 5.61. The Labute approximate surface area is 190 Å². The van der Waals surface area contributed by atoms with Crippen LogP contribution < -0.4 is 10.2 Å². The Morgan fingerprint density at radius 2 is 1.48 bits per heavy atom. The fourth-order valence-electron chi connectivity index (χ4n) is 4.07. The predicted octanol–water partition coefficient (Wildman–Crippen LogP) is 4.52. The Bertz CT molecular complexity index is 1330. The van der Waals surface area contributed by atoms with Crippen molar-refractivity contribution in [2.75, 3.05) is 12.0 Å². The van der Waals surface area contributed by atoms with E-state index in [2.05, 4.69) is 15.6 Å². The highest BCUT2D eigenvalue weighted by atomic mass is 16.5. The van der Waals surface area contributed by atoms with Gasteiger partial charge in [0.15, 0.2) is 5.76 Å². The molecule has 1 unspecified atom stereocenters. The van der Waals surface area contributed by atoms with Crippen LogP contribution in [0.15, 0.2) is 75.9 Å². The molecule has 2 aromatic heterocycles. The van der Waals surface area contributed by atoms with Crippen molar-refractivity contribution in [2.24, 2.45) is 0 Å². The maximum atomic E-state index is 12.8. The maximum Gasteiger partial charge on any atom is 0.349 e. The molecule has 0 bridgehead atoms. The zero-order chi connectivity index (χ0) is 22.9. The molecule has 5 rings (SSSR count). The minimum Gasteiger partial charge on any atom is -0.466 e. The summed E-state index contributed by atoms with van der Waals surface area (Å²) in [7, 11) is 1.36. The fourth-order valence-corrected chi connectivity index (χ4v) is 4.07. The van der Waals surface area contributed by atoms with Crippen LogP contribution in [0.3, 0.4) is 0 Å². The largest absolute Gasteiger partial charge is 0.466 e. The van der Waals surface area contributed by atoms with Gasteiger partial charge in [-0.15, -0.1) is 0 Å². The average Bonchev–Trinajstić information content (AvgIpc) is 3.55. The minimum atomic E-state index is -0.816. The number of nitrogens with one attached hydrogen (secondary N) is 1. The molecule has 1 atom stereocenters. The normalized spacial score (nSPS) is 15.3. The lowest BCUT2D eigenvalue weighted by molar-refractivity contribution is -0.142. The molecule has 166 valence electrons. The Balaban J connectivity index is 1.70. The van der Waals surface area contributed by atoms with Crippen molar-refractivity contribution < 1.29 is 18.6 Å². The van der Waals surface area contributed by atoms with Gasteiger partial charge in [-0.25, -0.2) is 4.79 Å². The lowest BCUT2D eigenvalue weighted by atomic mass is 10.0. The zero-order valence-electron chi connectivity index (χ0n) is 18.4. The number of nitrogens with zero attached hydrogens (tertiary/aromatic N) is 3. The van der Waals surface area contributed by atoms with E-state index in [4.69, 9.17) is 13.8 Å². The van der Waals surface area contributed by atoms with E-state index in [1.54, 1.807) is 6.20 Å². The summed E-state index contributed by atoms with van der Waals surface area (Å²) in [6.45, 7) is 3.66. The molecular formula is C25H22N4O4. The highest BCUT2D eigenvalue weighted by Crippen LogP contribution is 2.43. The van der Waals surface area contributed by atoms with Gasteiger partial charge < -0.3 is 24.0 Å². The Morgan fingerprint density at radius 1 is 0.909 bits per heavy atom. The van der Waals surface area contributed by atoms with Gasteiger partial charge in [-0.05, 0) is 13.8 Å². The van der Waals surface area contributed by atoms with E-state index in [1.807, 2.05) is 79.4 Å². The Morgan fingerprint density at radius 3 is 2.12 bits per heavy atom. The number of methoxy groups -OCH3 is 1. The van der Waals surface area contributed by atoms with Gasteiger partial charge in [-0.2, -0.15) is 0 Å². The van der Waals surface area contributed by atoms with E-state index >= 15 is 0 Å². The number of ether oxygens (including phenoxy) is 1. The van der Waals surface area contributed by atoms with Crippen molar-refractivity contribution in [1.82, 2.24) is 15.6 Å². The molecular weight excluding hydrogens is 420 g/mol. The molecule has 0 fully saturated rings. The minimum absolute atomic E-state index is 0.448. The molecule has 8 heteroatoms. The summed E-state index contributed by atoms with van der Waals surface area (Å²) in [5, 5.41) is 11.8. The van der Waals surface area contributed by atoms with Gasteiger partial charge in [0.2, 0.25) is 6.17 Å².